The summed E-state index contributed by atoms with van der Waals surface area (Å²) in [6, 6.07) is 3.31. The van der Waals surface area contributed by atoms with Crippen LogP contribution in [0, 0.1) is 10.1 Å². The quantitative estimate of drug-likeness (QED) is 0.470. The Kier molecular flexibility index (Phi) is 3.93. The van der Waals surface area contributed by atoms with Gasteiger partial charge in [-0.05, 0) is 25.0 Å². The number of nitro benzene ring substituents is 1. The predicted molar refractivity (Wildman–Crippen MR) is 71.5 cm³/mol. The maximum absolute atomic E-state index is 12.4. The molecule has 2 rings (SSSR count). The number of sulfonamides is 1. The highest BCUT2D eigenvalue weighted by molar-refractivity contribution is 7.89. The molecule has 1 aromatic carbocycles. The van der Waals surface area contributed by atoms with Crippen LogP contribution in [-0.4, -0.2) is 41.9 Å². The summed E-state index contributed by atoms with van der Waals surface area (Å²) >= 11 is 0. The molecule has 0 spiro atoms. The van der Waals surface area contributed by atoms with Crippen molar-refractivity contribution >= 4 is 21.4 Å². The fraction of sp³-hybridized carbons (Fsp3) is 0.455. The summed E-state index contributed by atoms with van der Waals surface area (Å²) in [6.45, 7) is 0.343. The number of aliphatic hydroxyl groups is 1. The highest BCUT2D eigenvalue weighted by atomic mass is 32.2. The molecule has 9 heteroatoms. The third kappa shape index (κ3) is 2.74. The number of piperidine rings is 1. The maximum atomic E-state index is 12.4. The molecular formula is C11H15N3O5S. The van der Waals surface area contributed by atoms with Gasteiger partial charge in [0.1, 0.15) is 5.69 Å². The van der Waals surface area contributed by atoms with Gasteiger partial charge in [-0.15, -0.1) is 0 Å². The van der Waals surface area contributed by atoms with Crippen LogP contribution in [0.1, 0.15) is 12.8 Å². The van der Waals surface area contributed by atoms with E-state index in [9.17, 15) is 23.6 Å². The Hall–Kier alpha value is -1.71. The van der Waals surface area contributed by atoms with Gasteiger partial charge in [0.05, 0.1) is 15.9 Å². The zero-order valence-electron chi connectivity index (χ0n) is 10.6. The molecule has 1 atom stereocenters. The summed E-state index contributed by atoms with van der Waals surface area (Å²) in [6.07, 6.45) is 0.450. The van der Waals surface area contributed by atoms with Crippen molar-refractivity contribution in [2.24, 2.45) is 0 Å². The topological polar surface area (TPSA) is 127 Å². The number of nitrogens with zero attached hydrogens (tertiary/aromatic N) is 2. The fourth-order valence-electron chi connectivity index (χ4n) is 2.15. The van der Waals surface area contributed by atoms with E-state index in [0.29, 0.717) is 19.4 Å². The van der Waals surface area contributed by atoms with E-state index in [2.05, 4.69) is 0 Å². The average Bonchev–Trinajstić information content (AvgIpc) is 2.38. The minimum atomic E-state index is -3.79. The molecule has 8 nitrogen and oxygen atoms in total. The number of rotatable bonds is 3. The van der Waals surface area contributed by atoms with E-state index >= 15 is 0 Å². The second-order valence-electron chi connectivity index (χ2n) is 4.64. The fourth-order valence-corrected chi connectivity index (χ4v) is 3.70. The van der Waals surface area contributed by atoms with Gasteiger partial charge in [0, 0.05) is 19.2 Å². The van der Waals surface area contributed by atoms with Crippen molar-refractivity contribution in [1.29, 1.82) is 0 Å². The molecule has 1 fully saturated rings. The monoisotopic (exact) mass is 301 g/mol. The zero-order valence-corrected chi connectivity index (χ0v) is 11.4. The number of aliphatic hydroxyl groups excluding tert-OH is 1. The van der Waals surface area contributed by atoms with Crippen LogP contribution < -0.4 is 5.73 Å². The molecule has 1 unspecified atom stereocenters. The Morgan fingerprint density at radius 2 is 2.15 bits per heavy atom. The lowest BCUT2D eigenvalue weighted by atomic mass is 10.1. The second-order valence-corrected chi connectivity index (χ2v) is 6.57. The molecule has 1 saturated heterocycles. The van der Waals surface area contributed by atoms with E-state index in [-0.39, 0.29) is 22.8 Å². The van der Waals surface area contributed by atoms with Gasteiger partial charge < -0.3 is 10.8 Å². The molecular weight excluding hydrogens is 286 g/mol. The van der Waals surface area contributed by atoms with Crippen molar-refractivity contribution < 1.29 is 18.4 Å². The van der Waals surface area contributed by atoms with Crippen LogP contribution in [0.2, 0.25) is 0 Å². The lowest BCUT2D eigenvalue weighted by Crippen LogP contribution is -2.42. The van der Waals surface area contributed by atoms with Crippen LogP contribution in [0.4, 0.5) is 11.4 Å². The normalized spacial score (nSPS) is 20.8. The average molecular weight is 301 g/mol. The van der Waals surface area contributed by atoms with Crippen molar-refractivity contribution in [2.75, 3.05) is 18.8 Å². The van der Waals surface area contributed by atoms with Gasteiger partial charge in [-0.25, -0.2) is 8.42 Å². The smallest absolute Gasteiger partial charge is 0.292 e. The molecule has 1 aliphatic rings. The highest BCUT2D eigenvalue weighted by Crippen LogP contribution is 2.27. The van der Waals surface area contributed by atoms with Gasteiger partial charge in [-0.1, -0.05) is 0 Å². The molecule has 1 aliphatic heterocycles. The SMILES string of the molecule is Nc1cc(S(=O)(=O)N2CCCC(O)C2)ccc1[N+](=O)[O-]. The summed E-state index contributed by atoms with van der Waals surface area (Å²) in [4.78, 5) is 9.89. The van der Waals surface area contributed by atoms with E-state index in [1.807, 2.05) is 0 Å². The summed E-state index contributed by atoms with van der Waals surface area (Å²) < 4.78 is 25.9. The zero-order chi connectivity index (χ0) is 14.9. The largest absolute Gasteiger partial charge is 0.393 e. The Morgan fingerprint density at radius 1 is 1.45 bits per heavy atom. The van der Waals surface area contributed by atoms with Crippen LogP contribution in [0.5, 0.6) is 0 Å². The first-order chi connectivity index (χ1) is 9.32. The predicted octanol–water partition coefficient (Wildman–Crippen LogP) is 0.322. The van der Waals surface area contributed by atoms with Crippen molar-refractivity contribution in [3.63, 3.8) is 0 Å². The van der Waals surface area contributed by atoms with E-state index in [1.165, 1.54) is 4.31 Å². The van der Waals surface area contributed by atoms with E-state index in [0.717, 1.165) is 18.2 Å². The molecule has 3 N–H and O–H groups in total. The van der Waals surface area contributed by atoms with Crippen molar-refractivity contribution in [3.05, 3.63) is 28.3 Å². The molecule has 0 bridgehead atoms. The van der Waals surface area contributed by atoms with Gasteiger partial charge in [0.25, 0.3) is 5.69 Å². The Balaban J connectivity index is 2.34. The molecule has 0 radical (unpaired) electrons. The molecule has 0 amide bonds. The van der Waals surface area contributed by atoms with Gasteiger partial charge in [-0.2, -0.15) is 4.31 Å². The van der Waals surface area contributed by atoms with Crippen LogP contribution >= 0.6 is 0 Å². The van der Waals surface area contributed by atoms with E-state index < -0.39 is 21.1 Å². The molecule has 1 aromatic rings. The number of nitrogen functional groups attached to an aromatic ring is 1. The number of benzene rings is 1. The molecule has 0 aliphatic carbocycles. The van der Waals surface area contributed by atoms with E-state index in [4.69, 9.17) is 5.73 Å². The summed E-state index contributed by atoms with van der Waals surface area (Å²) in [5.41, 5.74) is 4.97. The third-order valence-corrected chi connectivity index (χ3v) is 5.05. The molecule has 20 heavy (non-hydrogen) atoms. The number of hydrogen-bond acceptors (Lipinski definition) is 6. The number of β-amino-alcohol motifs (C(OH)–C–C–N with tert-alkyl or cyclic N) is 1. The van der Waals surface area contributed by atoms with Crippen LogP contribution in [0.25, 0.3) is 0 Å². The first-order valence-electron chi connectivity index (χ1n) is 6.04. The minimum absolute atomic E-state index is 0.0270. The first-order valence-corrected chi connectivity index (χ1v) is 7.48. The minimum Gasteiger partial charge on any atom is -0.393 e. The molecule has 0 aromatic heterocycles. The van der Waals surface area contributed by atoms with Gasteiger partial charge in [0.2, 0.25) is 10.0 Å². The van der Waals surface area contributed by atoms with E-state index in [1.54, 1.807) is 0 Å². The third-order valence-electron chi connectivity index (χ3n) is 3.19. The number of nitrogens with two attached hydrogens (primary N) is 1. The molecule has 0 saturated carbocycles. The van der Waals surface area contributed by atoms with Crippen LogP contribution in [0.15, 0.2) is 23.1 Å². The highest BCUT2D eigenvalue weighted by Gasteiger charge is 2.30. The maximum Gasteiger partial charge on any atom is 0.292 e. The lowest BCUT2D eigenvalue weighted by molar-refractivity contribution is -0.383. The van der Waals surface area contributed by atoms with Crippen molar-refractivity contribution in [3.8, 4) is 0 Å². The molecule has 110 valence electrons. The Bertz CT molecular complexity index is 631. The van der Waals surface area contributed by atoms with Gasteiger partial charge in [-0.3, -0.25) is 10.1 Å². The standard InChI is InChI=1S/C11H15N3O5S/c12-10-6-9(3-4-11(10)14(16)17)20(18,19)13-5-1-2-8(15)7-13/h3-4,6,8,15H,1-2,5,7,12H2. The van der Waals surface area contributed by atoms with Gasteiger partial charge in [0.15, 0.2) is 0 Å². The van der Waals surface area contributed by atoms with Crippen molar-refractivity contribution in [1.82, 2.24) is 4.31 Å². The number of anilines is 1. The number of nitro groups is 1. The van der Waals surface area contributed by atoms with Crippen LogP contribution in [0.3, 0.4) is 0 Å². The van der Waals surface area contributed by atoms with Gasteiger partial charge >= 0.3 is 0 Å². The summed E-state index contributed by atoms with van der Waals surface area (Å²) in [5, 5.41) is 20.2. The molecule has 1 heterocycles. The lowest BCUT2D eigenvalue weighted by Gasteiger charge is -2.29. The van der Waals surface area contributed by atoms with Crippen molar-refractivity contribution in [2.45, 2.75) is 23.8 Å². The number of hydrogen-bond donors (Lipinski definition) is 2. The second kappa shape index (κ2) is 5.35. The van der Waals surface area contributed by atoms with Crippen LogP contribution in [-0.2, 0) is 10.0 Å². The first kappa shape index (κ1) is 14.7. The summed E-state index contributed by atoms with van der Waals surface area (Å²) in [5.74, 6) is 0. The Morgan fingerprint density at radius 3 is 2.70 bits per heavy atom. The summed E-state index contributed by atoms with van der Waals surface area (Å²) in [7, 11) is -3.79. The Labute approximate surface area is 116 Å².